The number of aliphatic imine (C=N–C) groups is 2. The second kappa shape index (κ2) is 3.36. The van der Waals surface area contributed by atoms with E-state index >= 15 is 0 Å². The molecule has 2 rings (SSSR count). The van der Waals surface area contributed by atoms with E-state index in [1.165, 1.54) is 6.34 Å². The molecule has 0 bridgehead atoms. The molecule has 0 spiro atoms. The number of guanidine groups is 1. The van der Waals surface area contributed by atoms with Crippen molar-refractivity contribution in [1.82, 2.24) is 5.32 Å². The van der Waals surface area contributed by atoms with Gasteiger partial charge < -0.3 is 11.1 Å². The summed E-state index contributed by atoms with van der Waals surface area (Å²) in [6.45, 7) is 2.01. The summed E-state index contributed by atoms with van der Waals surface area (Å²) in [4.78, 5) is 8.16. The molecule has 0 fully saturated rings. The molecule has 1 aliphatic heterocycles. The Balaban J connectivity index is 2.41. The Labute approximate surface area is 87.9 Å². The first-order chi connectivity index (χ1) is 7.10. The van der Waals surface area contributed by atoms with Crippen molar-refractivity contribution in [3.63, 3.8) is 0 Å². The summed E-state index contributed by atoms with van der Waals surface area (Å²) in [5.41, 5.74) is 13.5. The standard InChI is InChI=1S/C10H13N5/c1-7-2-4-8(5-3-7)10(12)14-6-13-9(11)15-10/h2-6H,12H2,1H3,(H3,11,13,14,15). The van der Waals surface area contributed by atoms with E-state index in [4.69, 9.17) is 11.5 Å². The van der Waals surface area contributed by atoms with Crippen LogP contribution in [0.5, 0.6) is 0 Å². The van der Waals surface area contributed by atoms with Gasteiger partial charge in [-0.1, -0.05) is 29.8 Å². The van der Waals surface area contributed by atoms with Crippen LogP contribution < -0.4 is 16.8 Å². The first-order valence-electron chi connectivity index (χ1n) is 4.62. The number of nitrogens with two attached hydrogens (primary N) is 2. The molecule has 0 aromatic heterocycles. The van der Waals surface area contributed by atoms with E-state index in [-0.39, 0.29) is 5.96 Å². The van der Waals surface area contributed by atoms with Gasteiger partial charge in [0.1, 0.15) is 0 Å². The van der Waals surface area contributed by atoms with Crippen LogP contribution in [0.2, 0.25) is 0 Å². The maximum absolute atomic E-state index is 6.02. The van der Waals surface area contributed by atoms with E-state index < -0.39 is 5.79 Å². The summed E-state index contributed by atoms with van der Waals surface area (Å²) in [5, 5.41) is 2.67. The lowest BCUT2D eigenvalue weighted by molar-refractivity contribution is 0.489. The minimum Gasteiger partial charge on any atom is -0.370 e. The van der Waals surface area contributed by atoms with Crippen molar-refractivity contribution in [2.75, 3.05) is 0 Å². The summed E-state index contributed by atoms with van der Waals surface area (Å²) in [5.74, 6) is -0.823. The quantitative estimate of drug-likeness (QED) is 0.600. The fraction of sp³-hybridized carbons (Fsp3) is 0.200. The summed E-state index contributed by atoms with van der Waals surface area (Å²) in [6, 6.07) is 7.73. The molecule has 0 saturated carbocycles. The molecule has 1 unspecified atom stereocenters. The van der Waals surface area contributed by atoms with Crippen LogP contribution in [0.4, 0.5) is 0 Å². The third-order valence-corrected chi connectivity index (χ3v) is 2.24. The normalized spacial score (nSPS) is 24.5. The third-order valence-electron chi connectivity index (χ3n) is 2.24. The van der Waals surface area contributed by atoms with Crippen LogP contribution in [0.25, 0.3) is 0 Å². The lowest BCUT2D eigenvalue weighted by Gasteiger charge is -2.24. The van der Waals surface area contributed by atoms with E-state index in [1.807, 2.05) is 31.2 Å². The Kier molecular flexibility index (Phi) is 2.17. The predicted octanol–water partition coefficient (Wildman–Crippen LogP) is 0.0102. The Morgan fingerprint density at radius 1 is 1.27 bits per heavy atom. The average molecular weight is 203 g/mol. The molecule has 5 N–H and O–H groups in total. The summed E-state index contributed by atoms with van der Waals surface area (Å²) >= 11 is 0. The van der Waals surface area contributed by atoms with E-state index in [9.17, 15) is 0 Å². The van der Waals surface area contributed by atoms with Gasteiger partial charge in [0.15, 0.2) is 5.96 Å². The maximum Gasteiger partial charge on any atom is 0.233 e. The Hall–Kier alpha value is -1.88. The van der Waals surface area contributed by atoms with Crippen LogP contribution in [0.15, 0.2) is 34.3 Å². The Morgan fingerprint density at radius 3 is 2.53 bits per heavy atom. The zero-order valence-electron chi connectivity index (χ0n) is 8.44. The average Bonchev–Trinajstić information content (AvgIpc) is 2.18. The van der Waals surface area contributed by atoms with E-state index in [0.717, 1.165) is 11.1 Å². The molecule has 15 heavy (non-hydrogen) atoms. The SMILES string of the molecule is Cc1ccc(C2(N)N=CNC(N)=N2)cc1. The van der Waals surface area contributed by atoms with Gasteiger partial charge in [0.05, 0.1) is 6.34 Å². The zero-order valence-corrected chi connectivity index (χ0v) is 8.44. The minimum atomic E-state index is -1.09. The molecule has 0 radical (unpaired) electrons. The molecule has 1 heterocycles. The summed E-state index contributed by atoms with van der Waals surface area (Å²) in [7, 11) is 0. The molecule has 0 saturated heterocycles. The highest BCUT2D eigenvalue weighted by atomic mass is 15.3. The van der Waals surface area contributed by atoms with Gasteiger partial charge >= 0.3 is 0 Å². The van der Waals surface area contributed by atoms with Gasteiger partial charge in [-0.2, -0.15) is 0 Å². The van der Waals surface area contributed by atoms with Crippen LogP contribution in [0, 0.1) is 6.92 Å². The van der Waals surface area contributed by atoms with Crippen molar-refractivity contribution >= 4 is 12.3 Å². The van der Waals surface area contributed by atoms with Gasteiger partial charge in [-0.25, -0.2) is 9.98 Å². The monoisotopic (exact) mass is 203 g/mol. The number of nitrogens with one attached hydrogen (secondary N) is 1. The van der Waals surface area contributed by atoms with Crippen molar-refractivity contribution in [2.24, 2.45) is 21.5 Å². The predicted molar refractivity (Wildman–Crippen MR) is 60.3 cm³/mol. The topological polar surface area (TPSA) is 88.8 Å². The fourth-order valence-electron chi connectivity index (χ4n) is 1.38. The molecule has 0 aliphatic carbocycles. The first-order valence-corrected chi connectivity index (χ1v) is 4.62. The van der Waals surface area contributed by atoms with Crippen LogP contribution in [-0.2, 0) is 5.79 Å². The molecule has 1 aromatic rings. The maximum atomic E-state index is 6.02. The van der Waals surface area contributed by atoms with E-state index in [2.05, 4.69) is 15.3 Å². The number of rotatable bonds is 1. The first kappa shape index (κ1) is 9.67. The molecule has 5 nitrogen and oxygen atoms in total. The summed E-state index contributed by atoms with van der Waals surface area (Å²) in [6.07, 6.45) is 1.46. The number of hydrogen-bond acceptors (Lipinski definition) is 5. The highest BCUT2D eigenvalue weighted by molar-refractivity contribution is 5.90. The largest absolute Gasteiger partial charge is 0.370 e. The molecular formula is C10H13N5. The van der Waals surface area contributed by atoms with Crippen molar-refractivity contribution in [3.8, 4) is 0 Å². The second-order valence-electron chi connectivity index (χ2n) is 3.49. The fourth-order valence-corrected chi connectivity index (χ4v) is 1.38. The number of hydrogen-bond donors (Lipinski definition) is 3. The van der Waals surface area contributed by atoms with Crippen LogP contribution in [0.3, 0.4) is 0 Å². The van der Waals surface area contributed by atoms with Gasteiger partial charge in [-0.15, -0.1) is 0 Å². The van der Waals surface area contributed by atoms with Crippen LogP contribution >= 0.6 is 0 Å². The lowest BCUT2D eigenvalue weighted by atomic mass is 10.1. The highest BCUT2D eigenvalue weighted by Crippen LogP contribution is 2.22. The molecule has 0 amide bonds. The van der Waals surface area contributed by atoms with Gasteiger partial charge in [0.25, 0.3) is 0 Å². The van der Waals surface area contributed by atoms with Gasteiger partial charge in [-0.3, -0.25) is 5.73 Å². The minimum absolute atomic E-state index is 0.271. The summed E-state index contributed by atoms with van der Waals surface area (Å²) < 4.78 is 0. The molecule has 1 aliphatic rings. The molecular weight excluding hydrogens is 190 g/mol. The van der Waals surface area contributed by atoms with E-state index in [0.29, 0.717) is 0 Å². The lowest BCUT2D eigenvalue weighted by Crippen LogP contribution is -2.44. The zero-order chi connectivity index (χ0) is 10.9. The molecule has 78 valence electrons. The number of aryl methyl sites for hydroxylation is 1. The van der Waals surface area contributed by atoms with Crippen molar-refractivity contribution in [1.29, 1.82) is 0 Å². The molecule has 5 heteroatoms. The third kappa shape index (κ3) is 1.82. The van der Waals surface area contributed by atoms with Gasteiger partial charge in [0, 0.05) is 5.56 Å². The number of benzene rings is 1. The van der Waals surface area contributed by atoms with Gasteiger partial charge in [0.2, 0.25) is 5.79 Å². The molecule has 1 aromatic carbocycles. The Bertz CT molecular complexity index is 420. The van der Waals surface area contributed by atoms with Crippen LogP contribution in [0.1, 0.15) is 11.1 Å². The molecule has 1 atom stereocenters. The van der Waals surface area contributed by atoms with Gasteiger partial charge in [-0.05, 0) is 6.92 Å². The van der Waals surface area contributed by atoms with Crippen molar-refractivity contribution in [3.05, 3.63) is 35.4 Å². The van der Waals surface area contributed by atoms with E-state index in [1.54, 1.807) is 0 Å². The second-order valence-corrected chi connectivity index (χ2v) is 3.49. The van der Waals surface area contributed by atoms with Crippen LogP contribution in [-0.4, -0.2) is 12.3 Å². The van der Waals surface area contributed by atoms with Crippen molar-refractivity contribution < 1.29 is 0 Å². The smallest absolute Gasteiger partial charge is 0.233 e. The highest BCUT2D eigenvalue weighted by Gasteiger charge is 2.27. The number of nitrogens with zero attached hydrogens (tertiary/aromatic N) is 2. The van der Waals surface area contributed by atoms with Crippen molar-refractivity contribution in [2.45, 2.75) is 12.7 Å². The Morgan fingerprint density at radius 2 is 1.93 bits per heavy atom.